The van der Waals surface area contributed by atoms with Gasteiger partial charge in [-0.3, -0.25) is 9.69 Å². The first-order valence-electron chi connectivity index (χ1n) is 9.02. The Morgan fingerprint density at radius 1 is 1.20 bits per heavy atom. The molecule has 0 saturated carbocycles. The molecule has 8 heteroatoms. The number of hydrogen-bond acceptors (Lipinski definition) is 4. The molecule has 2 heterocycles. The number of carbonyl (C=O) groups is 1. The molecule has 0 spiro atoms. The normalized spacial score (nSPS) is 15.0. The molecule has 0 radical (unpaired) electrons. The number of para-hydroxylation sites is 1. The fraction of sp³-hybridized carbons (Fsp3) is 0.0909. The second-order valence-corrected chi connectivity index (χ2v) is 7.38. The first-order chi connectivity index (χ1) is 14.4. The minimum Gasteiger partial charge on any atom is -0.484 e. The van der Waals surface area contributed by atoms with Crippen LogP contribution >= 0.6 is 23.8 Å². The lowest BCUT2D eigenvalue weighted by Crippen LogP contribution is -2.30. The smallest absolute Gasteiger partial charge is 0.281 e. The number of halogens is 2. The summed E-state index contributed by atoms with van der Waals surface area (Å²) in [7, 11) is 0. The van der Waals surface area contributed by atoms with Gasteiger partial charge in [0, 0.05) is 6.08 Å². The Bertz CT molecular complexity index is 1140. The summed E-state index contributed by atoms with van der Waals surface area (Å²) in [6.07, 6.45) is 1.56. The summed E-state index contributed by atoms with van der Waals surface area (Å²) in [5.41, 5.74) is 1.66. The van der Waals surface area contributed by atoms with Gasteiger partial charge in [-0.25, -0.2) is 4.39 Å². The Labute approximate surface area is 182 Å². The van der Waals surface area contributed by atoms with Crippen LogP contribution in [0.1, 0.15) is 17.1 Å². The molecule has 2 aromatic carbocycles. The van der Waals surface area contributed by atoms with Crippen molar-refractivity contribution in [2.24, 2.45) is 0 Å². The average Bonchev–Trinajstić information content (AvgIpc) is 3.26. The molecule has 0 aliphatic carbocycles. The lowest BCUT2D eigenvalue weighted by Gasteiger charge is -2.13. The van der Waals surface area contributed by atoms with Crippen molar-refractivity contribution in [1.29, 1.82) is 0 Å². The lowest BCUT2D eigenvalue weighted by molar-refractivity contribution is -0.113. The van der Waals surface area contributed by atoms with Crippen molar-refractivity contribution in [2.75, 3.05) is 4.90 Å². The van der Waals surface area contributed by atoms with E-state index in [9.17, 15) is 9.18 Å². The molecule has 1 aliphatic rings. The van der Waals surface area contributed by atoms with Crippen molar-refractivity contribution in [2.45, 2.75) is 13.5 Å². The number of anilines is 1. The fourth-order valence-electron chi connectivity index (χ4n) is 2.99. The molecule has 3 aromatic rings. The van der Waals surface area contributed by atoms with E-state index in [2.05, 4.69) is 5.32 Å². The summed E-state index contributed by atoms with van der Waals surface area (Å²) in [4.78, 5) is 14.0. The third kappa shape index (κ3) is 4.08. The molecule has 1 aliphatic heterocycles. The number of rotatable bonds is 5. The van der Waals surface area contributed by atoms with E-state index in [-0.39, 0.29) is 23.3 Å². The first kappa shape index (κ1) is 20.1. The van der Waals surface area contributed by atoms with Gasteiger partial charge in [-0.1, -0.05) is 23.7 Å². The van der Waals surface area contributed by atoms with E-state index in [1.807, 2.05) is 19.1 Å². The van der Waals surface area contributed by atoms with Crippen molar-refractivity contribution < 1.29 is 18.3 Å². The molecule has 0 unspecified atom stereocenters. The van der Waals surface area contributed by atoms with Gasteiger partial charge in [0.2, 0.25) is 0 Å². The summed E-state index contributed by atoms with van der Waals surface area (Å²) >= 11 is 11.4. The minimum atomic E-state index is -0.391. The molecule has 1 saturated heterocycles. The molecular formula is C22H16ClFN2O3S. The maximum Gasteiger partial charge on any atom is 0.281 e. The van der Waals surface area contributed by atoms with Gasteiger partial charge < -0.3 is 14.5 Å². The van der Waals surface area contributed by atoms with Gasteiger partial charge in [-0.2, -0.15) is 0 Å². The van der Waals surface area contributed by atoms with Gasteiger partial charge >= 0.3 is 0 Å². The third-order valence-corrected chi connectivity index (χ3v) is 5.04. The molecule has 1 amide bonds. The van der Waals surface area contributed by atoms with Gasteiger partial charge in [0.1, 0.15) is 35.4 Å². The van der Waals surface area contributed by atoms with Gasteiger partial charge in [0.25, 0.3) is 5.91 Å². The maximum absolute atomic E-state index is 13.2. The van der Waals surface area contributed by atoms with E-state index in [0.717, 1.165) is 5.56 Å². The van der Waals surface area contributed by atoms with Crippen molar-refractivity contribution in [1.82, 2.24) is 5.32 Å². The Morgan fingerprint density at radius 3 is 2.70 bits per heavy atom. The summed E-state index contributed by atoms with van der Waals surface area (Å²) in [6, 6.07) is 14.5. The minimum absolute atomic E-state index is 0.190. The Morgan fingerprint density at radius 2 is 1.97 bits per heavy atom. The van der Waals surface area contributed by atoms with Crippen LogP contribution in [0.2, 0.25) is 5.02 Å². The molecule has 0 atom stereocenters. The SMILES string of the molecule is Cc1cccc(Cl)c1OCc1ccc(/C=C2/NC(=S)N(c3ccc(F)cc3)C2=O)o1. The standard InChI is InChI=1S/C22H16ClFN2O3S/c1-13-3-2-4-18(23)20(13)28-12-17-10-9-16(29-17)11-19-21(27)26(22(30)25-19)15-7-5-14(24)6-8-15/h2-11H,12H2,1H3,(H,25,30)/b19-11+. The molecule has 5 nitrogen and oxygen atoms in total. The van der Waals surface area contributed by atoms with E-state index >= 15 is 0 Å². The van der Waals surface area contributed by atoms with E-state index in [4.69, 9.17) is 33.0 Å². The first-order valence-corrected chi connectivity index (χ1v) is 9.80. The largest absolute Gasteiger partial charge is 0.484 e. The summed E-state index contributed by atoms with van der Waals surface area (Å²) in [5, 5.41) is 3.60. The number of thiocarbonyl (C=S) groups is 1. The topological polar surface area (TPSA) is 54.7 Å². The number of carbonyl (C=O) groups excluding carboxylic acids is 1. The Balaban J connectivity index is 1.48. The van der Waals surface area contributed by atoms with E-state index in [0.29, 0.717) is 28.0 Å². The fourth-order valence-corrected chi connectivity index (χ4v) is 3.57. The number of amides is 1. The highest BCUT2D eigenvalue weighted by Gasteiger charge is 2.32. The molecule has 1 fully saturated rings. The second kappa shape index (κ2) is 8.30. The van der Waals surface area contributed by atoms with Crippen molar-refractivity contribution in [3.05, 3.63) is 88.2 Å². The maximum atomic E-state index is 13.2. The number of ether oxygens (including phenoxy) is 1. The molecule has 4 rings (SSSR count). The monoisotopic (exact) mass is 442 g/mol. The number of furan rings is 1. The van der Waals surface area contributed by atoms with Gasteiger partial charge in [0.15, 0.2) is 5.11 Å². The molecule has 1 N–H and O–H groups in total. The molecule has 0 bridgehead atoms. The number of aryl methyl sites for hydroxylation is 1. The summed E-state index contributed by atoms with van der Waals surface area (Å²) in [5.74, 6) is 0.891. The van der Waals surface area contributed by atoms with Crippen molar-refractivity contribution in [3.63, 3.8) is 0 Å². The van der Waals surface area contributed by atoms with Crippen LogP contribution < -0.4 is 15.0 Å². The molecule has 152 valence electrons. The highest BCUT2D eigenvalue weighted by molar-refractivity contribution is 7.80. The predicted octanol–water partition coefficient (Wildman–Crippen LogP) is 5.22. The molecular weight excluding hydrogens is 427 g/mol. The van der Waals surface area contributed by atoms with Crippen LogP contribution in [0.15, 0.2) is 64.7 Å². The zero-order valence-electron chi connectivity index (χ0n) is 15.8. The predicted molar refractivity (Wildman–Crippen MR) is 117 cm³/mol. The molecule has 30 heavy (non-hydrogen) atoms. The van der Waals surface area contributed by atoms with E-state index in [1.54, 1.807) is 24.3 Å². The highest BCUT2D eigenvalue weighted by Crippen LogP contribution is 2.29. The van der Waals surface area contributed by atoms with Gasteiger partial charge in [-0.05, 0) is 67.2 Å². The number of hydrogen-bond donors (Lipinski definition) is 1. The Kier molecular flexibility index (Phi) is 5.57. The van der Waals surface area contributed by atoms with E-state index < -0.39 is 5.82 Å². The van der Waals surface area contributed by atoms with Crippen LogP contribution in [0.5, 0.6) is 5.75 Å². The average molecular weight is 443 g/mol. The highest BCUT2D eigenvalue weighted by atomic mass is 35.5. The van der Waals surface area contributed by atoms with Crippen LogP contribution in [-0.4, -0.2) is 11.0 Å². The van der Waals surface area contributed by atoms with Crippen LogP contribution in [0.3, 0.4) is 0 Å². The lowest BCUT2D eigenvalue weighted by atomic mass is 10.2. The second-order valence-electron chi connectivity index (χ2n) is 6.58. The van der Waals surface area contributed by atoms with Crippen LogP contribution in [-0.2, 0) is 11.4 Å². The summed E-state index contributed by atoms with van der Waals surface area (Å²) in [6.45, 7) is 2.10. The number of nitrogens with one attached hydrogen (secondary N) is 1. The van der Waals surface area contributed by atoms with Gasteiger partial charge in [0.05, 0.1) is 10.7 Å². The number of nitrogens with zero attached hydrogens (tertiary/aromatic N) is 1. The Hall–Kier alpha value is -3.16. The van der Waals surface area contributed by atoms with Crippen molar-refractivity contribution >= 4 is 46.6 Å². The van der Waals surface area contributed by atoms with Gasteiger partial charge in [-0.15, -0.1) is 0 Å². The van der Waals surface area contributed by atoms with Crippen LogP contribution in [0.25, 0.3) is 6.08 Å². The van der Waals surface area contributed by atoms with Crippen molar-refractivity contribution in [3.8, 4) is 5.75 Å². The summed E-state index contributed by atoms with van der Waals surface area (Å²) < 4.78 is 24.7. The molecule has 1 aromatic heterocycles. The third-order valence-electron chi connectivity index (χ3n) is 4.45. The quantitative estimate of drug-likeness (QED) is 0.433. The zero-order valence-corrected chi connectivity index (χ0v) is 17.4. The van der Waals surface area contributed by atoms with Crippen LogP contribution in [0, 0.1) is 12.7 Å². The van der Waals surface area contributed by atoms with Crippen LogP contribution in [0.4, 0.5) is 10.1 Å². The number of benzene rings is 2. The zero-order chi connectivity index (χ0) is 21.3. The van der Waals surface area contributed by atoms with E-state index in [1.165, 1.54) is 29.2 Å².